The zero-order valence-corrected chi connectivity index (χ0v) is 10.2. The van der Waals surface area contributed by atoms with Gasteiger partial charge in [-0.05, 0) is 49.4 Å². The van der Waals surface area contributed by atoms with Crippen molar-refractivity contribution in [1.82, 2.24) is 5.32 Å². The first-order valence-corrected chi connectivity index (χ1v) is 6.28. The molecule has 0 bridgehead atoms. The molecule has 1 aromatic carbocycles. The highest BCUT2D eigenvalue weighted by Crippen LogP contribution is 2.33. The maximum Gasteiger partial charge on any atom is 0.115 e. The van der Waals surface area contributed by atoms with Crippen LogP contribution in [0.25, 0.3) is 0 Å². The van der Waals surface area contributed by atoms with Gasteiger partial charge in [0, 0.05) is 12.1 Å². The van der Waals surface area contributed by atoms with Crippen LogP contribution in [-0.2, 0) is 6.42 Å². The van der Waals surface area contributed by atoms with Gasteiger partial charge in [-0.25, -0.2) is 0 Å². The number of fused-ring (bicyclic) bond motifs is 1. The Morgan fingerprint density at radius 3 is 3.06 bits per heavy atom. The van der Waals surface area contributed by atoms with E-state index in [2.05, 4.69) is 25.2 Å². The minimum Gasteiger partial charge on any atom is -0.508 e. The highest BCUT2D eigenvalue weighted by Gasteiger charge is 2.23. The smallest absolute Gasteiger partial charge is 0.115 e. The van der Waals surface area contributed by atoms with Gasteiger partial charge in [-0.2, -0.15) is 0 Å². The second-order valence-electron chi connectivity index (χ2n) is 4.83. The predicted octanol–water partition coefficient (Wildman–Crippen LogP) is 3.16. The molecule has 88 valence electrons. The van der Waals surface area contributed by atoms with E-state index < -0.39 is 0 Å². The molecule has 2 N–H and O–H groups in total. The van der Waals surface area contributed by atoms with Crippen molar-refractivity contribution in [2.75, 3.05) is 0 Å². The van der Waals surface area contributed by atoms with Gasteiger partial charge in [-0.3, -0.25) is 0 Å². The molecule has 0 radical (unpaired) electrons. The molecule has 2 nitrogen and oxygen atoms in total. The molecule has 1 aliphatic carbocycles. The summed E-state index contributed by atoms with van der Waals surface area (Å²) >= 11 is 0. The summed E-state index contributed by atoms with van der Waals surface area (Å²) in [5, 5.41) is 13.1. The molecule has 0 saturated heterocycles. The summed E-state index contributed by atoms with van der Waals surface area (Å²) in [6, 6.07) is 6.82. The number of phenols is 1. The van der Waals surface area contributed by atoms with Crippen LogP contribution in [0, 0.1) is 0 Å². The number of benzene rings is 1. The highest BCUT2D eigenvalue weighted by molar-refractivity contribution is 5.40. The quantitative estimate of drug-likeness (QED) is 0.815. The molecule has 1 aromatic rings. The lowest BCUT2D eigenvalue weighted by atomic mass is 10.1. The van der Waals surface area contributed by atoms with E-state index in [-0.39, 0.29) is 0 Å². The normalized spacial score (nSPS) is 20.8. The summed E-state index contributed by atoms with van der Waals surface area (Å²) in [5.74, 6) is 0.390. The van der Waals surface area contributed by atoms with Gasteiger partial charge in [0.25, 0.3) is 0 Å². The van der Waals surface area contributed by atoms with Crippen LogP contribution in [-0.4, -0.2) is 11.1 Å². The molecule has 2 rings (SSSR count). The van der Waals surface area contributed by atoms with Gasteiger partial charge in [-0.15, -0.1) is 0 Å². The first-order chi connectivity index (χ1) is 7.70. The van der Waals surface area contributed by atoms with Crippen LogP contribution in [0.5, 0.6) is 5.75 Å². The number of rotatable bonds is 4. The molecule has 0 aliphatic heterocycles. The van der Waals surface area contributed by atoms with E-state index in [4.69, 9.17) is 0 Å². The fourth-order valence-corrected chi connectivity index (χ4v) is 2.64. The van der Waals surface area contributed by atoms with Crippen molar-refractivity contribution < 1.29 is 5.11 Å². The first kappa shape index (κ1) is 11.5. The third-order valence-electron chi connectivity index (χ3n) is 3.41. The Morgan fingerprint density at radius 2 is 2.31 bits per heavy atom. The Kier molecular flexibility index (Phi) is 3.49. The van der Waals surface area contributed by atoms with Crippen LogP contribution in [0.3, 0.4) is 0 Å². The summed E-state index contributed by atoms with van der Waals surface area (Å²) < 4.78 is 0. The molecule has 1 aliphatic rings. The largest absolute Gasteiger partial charge is 0.508 e. The monoisotopic (exact) mass is 219 g/mol. The van der Waals surface area contributed by atoms with Crippen molar-refractivity contribution in [3.8, 4) is 5.75 Å². The van der Waals surface area contributed by atoms with Crippen molar-refractivity contribution in [3.05, 3.63) is 29.3 Å². The lowest BCUT2D eigenvalue weighted by Gasteiger charge is -2.19. The number of nitrogens with one attached hydrogen (secondary N) is 1. The van der Waals surface area contributed by atoms with Crippen LogP contribution in [0.15, 0.2) is 18.2 Å². The molecule has 2 unspecified atom stereocenters. The number of aromatic hydroxyl groups is 1. The highest BCUT2D eigenvalue weighted by atomic mass is 16.3. The third-order valence-corrected chi connectivity index (χ3v) is 3.41. The van der Waals surface area contributed by atoms with Crippen LogP contribution in [0.2, 0.25) is 0 Å². The number of hydrogen-bond donors (Lipinski definition) is 2. The van der Waals surface area contributed by atoms with Crippen LogP contribution in [0.1, 0.15) is 50.3 Å². The standard InChI is InChI=1S/C14H21NO/c1-3-4-10(2)15-14-8-5-11-9-12(16)6-7-13(11)14/h6-7,9-10,14-16H,3-5,8H2,1-2H3. The van der Waals surface area contributed by atoms with Crippen molar-refractivity contribution in [2.24, 2.45) is 0 Å². The maximum absolute atomic E-state index is 9.43. The lowest BCUT2D eigenvalue weighted by molar-refractivity contribution is 0.431. The van der Waals surface area contributed by atoms with Crippen molar-refractivity contribution in [3.63, 3.8) is 0 Å². The molecular formula is C14H21NO. The zero-order valence-electron chi connectivity index (χ0n) is 10.2. The Labute approximate surface area is 97.7 Å². The molecular weight excluding hydrogens is 198 g/mol. The zero-order chi connectivity index (χ0) is 11.5. The summed E-state index contributed by atoms with van der Waals surface area (Å²) in [6.45, 7) is 4.47. The Bertz CT molecular complexity index is 362. The van der Waals surface area contributed by atoms with E-state index in [0.29, 0.717) is 17.8 Å². The van der Waals surface area contributed by atoms with E-state index in [0.717, 1.165) is 12.8 Å². The Morgan fingerprint density at radius 1 is 1.50 bits per heavy atom. The molecule has 2 heteroatoms. The molecule has 0 heterocycles. The van der Waals surface area contributed by atoms with Gasteiger partial charge in [-0.1, -0.05) is 19.4 Å². The van der Waals surface area contributed by atoms with Crippen LogP contribution >= 0.6 is 0 Å². The van der Waals surface area contributed by atoms with E-state index in [1.165, 1.54) is 24.0 Å². The predicted molar refractivity (Wildman–Crippen MR) is 66.7 cm³/mol. The maximum atomic E-state index is 9.43. The van der Waals surface area contributed by atoms with Gasteiger partial charge in [0.15, 0.2) is 0 Å². The number of aryl methyl sites for hydroxylation is 1. The fourth-order valence-electron chi connectivity index (χ4n) is 2.64. The molecule has 2 atom stereocenters. The second-order valence-corrected chi connectivity index (χ2v) is 4.83. The summed E-state index contributed by atoms with van der Waals surface area (Å²) in [7, 11) is 0. The van der Waals surface area contributed by atoms with E-state index in [9.17, 15) is 5.11 Å². The van der Waals surface area contributed by atoms with Crippen molar-refractivity contribution >= 4 is 0 Å². The van der Waals surface area contributed by atoms with Gasteiger partial charge < -0.3 is 10.4 Å². The van der Waals surface area contributed by atoms with E-state index in [1.54, 1.807) is 6.07 Å². The van der Waals surface area contributed by atoms with E-state index >= 15 is 0 Å². The average molecular weight is 219 g/mol. The van der Waals surface area contributed by atoms with Crippen LogP contribution < -0.4 is 5.32 Å². The minimum absolute atomic E-state index is 0.390. The first-order valence-electron chi connectivity index (χ1n) is 6.28. The Hall–Kier alpha value is -1.02. The fraction of sp³-hybridized carbons (Fsp3) is 0.571. The van der Waals surface area contributed by atoms with Crippen molar-refractivity contribution in [1.29, 1.82) is 0 Å². The SMILES string of the molecule is CCCC(C)NC1CCc2cc(O)ccc21. The van der Waals surface area contributed by atoms with Crippen LogP contribution in [0.4, 0.5) is 0 Å². The molecule has 0 fully saturated rings. The molecule has 16 heavy (non-hydrogen) atoms. The van der Waals surface area contributed by atoms with Gasteiger partial charge in [0.05, 0.1) is 0 Å². The van der Waals surface area contributed by atoms with Crippen molar-refractivity contribution in [2.45, 2.75) is 51.6 Å². The average Bonchev–Trinajstić information content (AvgIpc) is 2.61. The topological polar surface area (TPSA) is 32.3 Å². The molecule has 0 aromatic heterocycles. The molecule has 0 spiro atoms. The number of hydrogen-bond acceptors (Lipinski definition) is 2. The summed E-state index contributed by atoms with van der Waals surface area (Å²) in [5.41, 5.74) is 2.68. The van der Waals surface area contributed by atoms with Gasteiger partial charge in [0.2, 0.25) is 0 Å². The lowest BCUT2D eigenvalue weighted by Crippen LogP contribution is -2.29. The summed E-state index contributed by atoms with van der Waals surface area (Å²) in [4.78, 5) is 0. The number of phenolic OH excluding ortho intramolecular Hbond substituents is 1. The minimum atomic E-state index is 0.390. The third kappa shape index (κ3) is 2.38. The second kappa shape index (κ2) is 4.88. The van der Waals surface area contributed by atoms with Gasteiger partial charge in [0.1, 0.15) is 5.75 Å². The molecule has 0 saturated carbocycles. The summed E-state index contributed by atoms with van der Waals surface area (Å²) in [6.07, 6.45) is 4.69. The Balaban J connectivity index is 2.06. The van der Waals surface area contributed by atoms with E-state index in [1.807, 2.05) is 6.07 Å². The molecule has 0 amide bonds. The van der Waals surface area contributed by atoms with Gasteiger partial charge >= 0.3 is 0 Å².